The van der Waals surface area contributed by atoms with Gasteiger partial charge in [-0.25, -0.2) is 14.6 Å². The summed E-state index contributed by atoms with van der Waals surface area (Å²) in [7, 11) is 0. The topological polar surface area (TPSA) is 89.5 Å². The molecule has 2 aliphatic heterocycles. The zero-order valence-corrected chi connectivity index (χ0v) is 11.9. The first-order valence-electron chi connectivity index (χ1n) is 7.01. The van der Waals surface area contributed by atoms with Gasteiger partial charge in [-0.1, -0.05) is 11.6 Å². The van der Waals surface area contributed by atoms with Crippen LogP contribution in [0.25, 0.3) is 0 Å². The fraction of sp³-hybridized carbons (Fsp3) is 0.500. The van der Waals surface area contributed by atoms with Crippen molar-refractivity contribution in [1.29, 1.82) is 0 Å². The second kappa shape index (κ2) is 5.23. The third kappa shape index (κ3) is 2.51. The number of hydrogen-bond acceptors (Lipinski definition) is 3. The van der Waals surface area contributed by atoms with E-state index in [1.807, 2.05) is 6.92 Å². The number of carboxylic acids is 1. The summed E-state index contributed by atoms with van der Waals surface area (Å²) in [6.07, 6.45) is 4.73. The Morgan fingerprint density at radius 1 is 1.43 bits per heavy atom. The van der Waals surface area contributed by atoms with Gasteiger partial charge in [0.15, 0.2) is 0 Å². The minimum atomic E-state index is -0.985. The van der Waals surface area contributed by atoms with Crippen LogP contribution in [0.4, 0.5) is 4.79 Å². The number of amides is 2. The zero-order chi connectivity index (χ0) is 15.0. The Bertz CT molecular complexity index is 607. The van der Waals surface area contributed by atoms with Gasteiger partial charge in [0.05, 0.1) is 24.3 Å². The molecule has 1 aromatic heterocycles. The van der Waals surface area contributed by atoms with Crippen molar-refractivity contribution in [2.75, 3.05) is 13.1 Å². The lowest BCUT2D eigenvalue weighted by Gasteiger charge is -2.37. The number of nitrogens with zero attached hydrogens (tertiary/aromatic N) is 3. The fourth-order valence-corrected chi connectivity index (χ4v) is 2.91. The Morgan fingerprint density at radius 2 is 2.24 bits per heavy atom. The summed E-state index contributed by atoms with van der Waals surface area (Å²) in [6, 6.07) is -1.06. The molecule has 0 bridgehead atoms. The molecule has 0 aromatic carbocycles. The number of carbonyl (C=O) groups is 2. The first-order valence-corrected chi connectivity index (χ1v) is 7.01. The van der Waals surface area contributed by atoms with E-state index in [-0.39, 0.29) is 19.0 Å². The number of aromatic amines is 1. The van der Waals surface area contributed by atoms with Gasteiger partial charge >= 0.3 is 12.0 Å². The van der Waals surface area contributed by atoms with E-state index in [0.717, 1.165) is 23.4 Å². The minimum Gasteiger partial charge on any atom is -0.480 e. The molecule has 0 saturated heterocycles. The fourth-order valence-electron chi connectivity index (χ4n) is 2.91. The molecular formula is C14H18N4O3. The maximum atomic E-state index is 12.7. The normalized spacial score (nSPS) is 21.8. The van der Waals surface area contributed by atoms with Crippen molar-refractivity contribution < 1.29 is 14.7 Å². The molecule has 1 unspecified atom stereocenters. The van der Waals surface area contributed by atoms with Crippen molar-refractivity contribution in [1.82, 2.24) is 19.8 Å². The van der Waals surface area contributed by atoms with Gasteiger partial charge in [0.25, 0.3) is 0 Å². The molecule has 0 aliphatic carbocycles. The molecule has 2 N–H and O–H groups in total. The highest BCUT2D eigenvalue weighted by molar-refractivity contribution is 5.83. The van der Waals surface area contributed by atoms with Gasteiger partial charge in [-0.05, 0) is 13.3 Å². The maximum absolute atomic E-state index is 12.7. The third-order valence-electron chi connectivity index (χ3n) is 4.03. The largest absolute Gasteiger partial charge is 0.480 e. The average Bonchev–Trinajstić information content (AvgIpc) is 2.92. The highest BCUT2D eigenvalue weighted by atomic mass is 16.4. The van der Waals surface area contributed by atoms with Crippen LogP contribution in [0.15, 0.2) is 18.0 Å². The number of fused-ring (bicyclic) bond motifs is 1. The van der Waals surface area contributed by atoms with Gasteiger partial charge in [0.1, 0.15) is 6.04 Å². The molecule has 7 nitrogen and oxygen atoms in total. The first-order chi connectivity index (χ1) is 10.1. The van der Waals surface area contributed by atoms with Gasteiger partial charge in [0, 0.05) is 19.5 Å². The Labute approximate surface area is 122 Å². The highest BCUT2D eigenvalue weighted by Crippen LogP contribution is 2.23. The summed E-state index contributed by atoms with van der Waals surface area (Å²) in [4.78, 5) is 34.4. The van der Waals surface area contributed by atoms with E-state index in [1.54, 1.807) is 11.2 Å². The number of hydrogen-bond donors (Lipinski definition) is 2. The molecule has 0 fully saturated rings. The molecule has 7 heteroatoms. The van der Waals surface area contributed by atoms with Gasteiger partial charge in [-0.15, -0.1) is 0 Å². The van der Waals surface area contributed by atoms with E-state index < -0.39 is 12.0 Å². The predicted octanol–water partition coefficient (Wildman–Crippen LogP) is 0.993. The quantitative estimate of drug-likeness (QED) is 0.755. The lowest BCUT2D eigenvalue weighted by molar-refractivity contribution is -0.142. The van der Waals surface area contributed by atoms with Crippen molar-refractivity contribution in [2.24, 2.45) is 0 Å². The number of nitrogens with one attached hydrogen (secondary N) is 1. The van der Waals surface area contributed by atoms with Crippen molar-refractivity contribution >= 4 is 12.0 Å². The van der Waals surface area contributed by atoms with E-state index in [9.17, 15) is 14.7 Å². The van der Waals surface area contributed by atoms with Crippen LogP contribution < -0.4 is 0 Å². The Hall–Kier alpha value is -2.31. The third-order valence-corrected chi connectivity index (χ3v) is 4.03. The molecule has 1 aromatic rings. The van der Waals surface area contributed by atoms with Crippen LogP contribution in [0.2, 0.25) is 0 Å². The number of rotatable bonds is 1. The predicted molar refractivity (Wildman–Crippen MR) is 74.6 cm³/mol. The number of aromatic nitrogens is 2. The molecule has 3 heterocycles. The number of aliphatic carboxylic acids is 1. The number of carboxylic acid groups (broad SMARTS) is 1. The SMILES string of the molecule is CC1=CCCN(C(=O)N2Cc3[nH]cnc3CC2C(=O)O)C1. The number of carbonyl (C=O) groups excluding carboxylic acids is 1. The lowest BCUT2D eigenvalue weighted by Crippen LogP contribution is -2.54. The van der Waals surface area contributed by atoms with Crippen LogP contribution in [-0.4, -0.2) is 56.0 Å². The Kier molecular flexibility index (Phi) is 3.40. The summed E-state index contributed by atoms with van der Waals surface area (Å²) < 4.78 is 0. The van der Waals surface area contributed by atoms with Crippen LogP contribution in [0.3, 0.4) is 0 Å². The van der Waals surface area contributed by atoms with Crippen molar-refractivity contribution in [2.45, 2.75) is 32.4 Å². The molecule has 0 saturated carbocycles. The van der Waals surface area contributed by atoms with Crippen LogP contribution in [0.1, 0.15) is 24.7 Å². The molecule has 0 spiro atoms. The second-order valence-corrected chi connectivity index (χ2v) is 5.56. The average molecular weight is 290 g/mol. The van der Waals surface area contributed by atoms with Crippen molar-refractivity contribution in [3.63, 3.8) is 0 Å². The lowest BCUT2D eigenvalue weighted by atomic mass is 10.0. The first kappa shape index (κ1) is 13.7. The van der Waals surface area contributed by atoms with E-state index in [0.29, 0.717) is 13.1 Å². The zero-order valence-electron chi connectivity index (χ0n) is 11.9. The Morgan fingerprint density at radius 3 is 2.95 bits per heavy atom. The molecule has 0 radical (unpaired) electrons. The van der Waals surface area contributed by atoms with Gasteiger partial charge in [-0.3, -0.25) is 0 Å². The Balaban J connectivity index is 1.83. The summed E-state index contributed by atoms with van der Waals surface area (Å²) in [5, 5.41) is 9.41. The smallest absolute Gasteiger partial charge is 0.326 e. The van der Waals surface area contributed by atoms with Crippen LogP contribution in [0.5, 0.6) is 0 Å². The molecular weight excluding hydrogens is 272 g/mol. The van der Waals surface area contributed by atoms with Crippen LogP contribution >= 0.6 is 0 Å². The number of H-pyrrole nitrogens is 1. The van der Waals surface area contributed by atoms with E-state index >= 15 is 0 Å². The number of imidazole rings is 1. The molecule has 2 amide bonds. The van der Waals surface area contributed by atoms with Crippen LogP contribution in [0, 0.1) is 0 Å². The summed E-state index contributed by atoms with van der Waals surface area (Å²) >= 11 is 0. The van der Waals surface area contributed by atoms with Crippen molar-refractivity contribution in [3.8, 4) is 0 Å². The van der Waals surface area contributed by atoms with Gasteiger partial charge in [0.2, 0.25) is 0 Å². The number of urea groups is 1. The van der Waals surface area contributed by atoms with Crippen molar-refractivity contribution in [3.05, 3.63) is 29.4 Å². The second-order valence-electron chi connectivity index (χ2n) is 5.56. The molecule has 21 heavy (non-hydrogen) atoms. The summed E-state index contributed by atoms with van der Waals surface area (Å²) in [6.45, 7) is 3.45. The maximum Gasteiger partial charge on any atom is 0.326 e. The standard InChI is InChI=1S/C14H18N4O3/c1-9-3-2-4-17(6-9)14(21)18-7-11-10(15-8-16-11)5-12(18)13(19)20/h3,8,12H,2,4-7H2,1H3,(H,15,16)(H,19,20). The molecule has 112 valence electrons. The minimum absolute atomic E-state index is 0.213. The van der Waals surface area contributed by atoms with Crippen LogP contribution in [-0.2, 0) is 17.8 Å². The monoisotopic (exact) mass is 290 g/mol. The van der Waals surface area contributed by atoms with Gasteiger partial charge < -0.3 is 19.9 Å². The summed E-state index contributed by atoms with van der Waals surface area (Å²) in [5.74, 6) is -0.985. The summed E-state index contributed by atoms with van der Waals surface area (Å²) in [5.41, 5.74) is 2.70. The van der Waals surface area contributed by atoms with E-state index in [4.69, 9.17) is 0 Å². The molecule has 2 aliphatic rings. The molecule has 3 rings (SSSR count). The molecule has 1 atom stereocenters. The van der Waals surface area contributed by atoms with E-state index in [2.05, 4.69) is 16.0 Å². The van der Waals surface area contributed by atoms with E-state index in [1.165, 1.54) is 4.90 Å². The van der Waals surface area contributed by atoms with Gasteiger partial charge in [-0.2, -0.15) is 0 Å². The highest BCUT2D eigenvalue weighted by Gasteiger charge is 2.38.